The summed E-state index contributed by atoms with van der Waals surface area (Å²) in [6, 6.07) is 50.3. The summed E-state index contributed by atoms with van der Waals surface area (Å²) in [5.41, 5.74) is 16.9. The minimum Gasteiger partial charge on any atom is -0.310 e. The van der Waals surface area contributed by atoms with E-state index < -0.39 is 0 Å². The van der Waals surface area contributed by atoms with Crippen molar-refractivity contribution in [2.75, 3.05) is 4.90 Å². The Morgan fingerprint density at radius 1 is 0.520 bits per heavy atom. The van der Waals surface area contributed by atoms with Crippen molar-refractivity contribution in [2.45, 2.75) is 71.6 Å². The molecule has 0 amide bonds. The van der Waals surface area contributed by atoms with E-state index in [9.17, 15) is 5.26 Å². The van der Waals surface area contributed by atoms with Crippen molar-refractivity contribution in [3.05, 3.63) is 161 Å². The van der Waals surface area contributed by atoms with Gasteiger partial charge in [-0.2, -0.15) is 5.26 Å². The fourth-order valence-electron chi connectivity index (χ4n) is 7.53. The van der Waals surface area contributed by atoms with Gasteiger partial charge < -0.3 is 4.90 Å². The van der Waals surface area contributed by atoms with Gasteiger partial charge in [0.15, 0.2) is 0 Å². The molecule has 0 aromatic heterocycles. The Balaban J connectivity index is 1.37. The molecule has 0 N–H and O–H groups in total. The summed E-state index contributed by atoms with van der Waals surface area (Å²) in [5.74, 6) is 0. The highest BCUT2D eigenvalue weighted by molar-refractivity contribution is 5.87. The van der Waals surface area contributed by atoms with Crippen molar-refractivity contribution in [1.82, 2.24) is 0 Å². The van der Waals surface area contributed by atoms with Gasteiger partial charge in [0, 0.05) is 22.5 Å². The van der Waals surface area contributed by atoms with Crippen molar-refractivity contribution >= 4 is 17.1 Å². The maximum Gasteiger partial charge on any atom is 0.0991 e. The first kappa shape index (κ1) is 33.1. The fourth-order valence-corrected chi connectivity index (χ4v) is 7.53. The molecule has 0 saturated carbocycles. The number of rotatable bonds is 5. The summed E-state index contributed by atoms with van der Waals surface area (Å²) in [5, 5.41) is 9.27. The number of nitriles is 1. The van der Waals surface area contributed by atoms with Gasteiger partial charge in [-0.25, -0.2) is 0 Å². The quantitative estimate of drug-likeness (QED) is 0.186. The predicted molar refractivity (Wildman–Crippen MR) is 212 cm³/mol. The Kier molecular flexibility index (Phi) is 8.07. The number of benzene rings is 6. The lowest BCUT2D eigenvalue weighted by Gasteiger charge is -2.33. The molecule has 0 saturated heterocycles. The van der Waals surface area contributed by atoms with E-state index in [0.717, 1.165) is 28.2 Å². The molecule has 50 heavy (non-hydrogen) atoms. The number of anilines is 3. The summed E-state index contributed by atoms with van der Waals surface area (Å²) in [4.78, 5) is 2.38. The molecular weight excluding hydrogens is 605 g/mol. The normalized spacial score (nSPS) is 13.3. The van der Waals surface area contributed by atoms with E-state index in [0.29, 0.717) is 5.56 Å². The maximum absolute atomic E-state index is 9.27. The molecule has 0 bridgehead atoms. The summed E-state index contributed by atoms with van der Waals surface area (Å²) < 4.78 is 0. The van der Waals surface area contributed by atoms with Crippen LogP contribution in [0, 0.1) is 11.3 Å². The lowest BCUT2D eigenvalue weighted by molar-refractivity contribution is 0.545. The molecule has 0 heterocycles. The van der Waals surface area contributed by atoms with E-state index in [-0.39, 0.29) is 16.2 Å². The van der Waals surface area contributed by atoms with E-state index in [4.69, 9.17) is 0 Å². The first-order valence-corrected chi connectivity index (χ1v) is 17.7. The van der Waals surface area contributed by atoms with E-state index in [1.54, 1.807) is 0 Å². The van der Waals surface area contributed by atoms with E-state index in [1.165, 1.54) is 44.5 Å². The standard InChI is InChI=1S/C48H46N2/c1-46(2,3)37-28-42-41-27-26-40(30-43(41)48(7,8)45(42)44(29-37)47(4,5)6)50(38-22-18-35(19-23-38)33-12-10-9-11-13-33)39-24-20-36(21-25-39)34-16-14-32(31-49)15-17-34/h9-30H,1-8H3. The lowest BCUT2D eigenvalue weighted by atomic mass is 9.71. The van der Waals surface area contributed by atoms with Crippen LogP contribution in [0.2, 0.25) is 0 Å². The molecule has 0 fully saturated rings. The van der Waals surface area contributed by atoms with E-state index in [1.807, 2.05) is 24.3 Å². The van der Waals surface area contributed by atoms with Gasteiger partial charge in [0.2, 0.25) is 0 Å². The summed E-state index contributed by atoms with van der Waals surface area (Å²) in [6.45, 7) is 18.8. The zero-order valence-corrected chi connectivity index (χ0v) is 30.6. The molecule has 1 aliphatic carbocycles. The monoisotopic (exact) mass is 650 g/mol. The second-order valence-corrected chi connectivity index (χ2v) is 16.3. The minimum atomic E-state index is -0.165. The number of hydrogen-bond donors (Lipinski definition) is 0. The van der Waals surface area contributed by atoms with Crippen LogP contribution in [-0.4, -0.2) is 0 Å². The van der Waals surface area contributed by atoms with Crippen LogP contribution < -0.4 is 4.90 Å². The number of nitrogens with zero attached hydrogens (tertiary/aromatic N) is 2. The molecule has 0 radical (unpaired) electrons. The Labute approximate surface area is 298 Å². The van der Waals surface area contributed by atoms with E-state index >= 15 is 0 Å². The van der Waals surface area contributed by atoms with Gasteiger partial charge in [0.05, 0.1) is 11.6 Å². The third-order valence-electron chi connectivity index (χ3n) is 10.4. The first-order valence-electron chi connectivity index (χ1n) is 17.7. The second kappa shape index (κ2) is 12.2. The van der Waals surface area contributed by atoms with Crippen molar-refractivity contribution in [1.29, 1.82) is 5.26 Å². The topological polar surface area (TPSA) is 27.0 Å². The third-order valence-corrected chi connectivity index (χ3v) is 10.4. The second-order valence-electron chi connectivity index (χ2n) is 16.3. The average Bonchev–Trinajstić information content (AvgIpc) is 3.34. The number of fused-ring (bicyclic) bond motifs is 3. The molecular formula is C48H46N2. The summed E-state index contributed by atoms with van der Waals surface area (Å²) >= 11 is 0. The zero-order valence-electron chi connectivity index (χ0n) is 30.6. The van der Waals surface area contributed by atoms with Crippen LogP contribution in [0.25, 0.3) is 33.4 Å². The van der Waals surface area contributed by atoms with Crippen LogP contribution in [0.3, 0.4) is 0 Å². The molecule has 248 valence electrons. The Hall–Kier alpha value is -5.39. The Bertz CT molecular complexity index is 2220. The molecule has 2 nitrogen and oxygen atoms in total. The highest BCUT2D eigenvalue weighted by atomic mass is 15.1. The SMILES string of the molecule is CC(C)(C)c1cc2c(c(C(C)(C)C)c1)C(C)(C)c1cc(N(c3ccc(-c4ccccc4)cc3)c3ccc(-c4ccc(C#N)cc4)cc3)ccc1-2. The molecule has 0 unspecified atom stereocenters. The van der Waals surface area contributed by atoms with Crippen LogP contribution in [0.15, 0.2) is 133 Å². The maximum atomic E-state index is 9.27. The lowest BCUT2D eigenvalue weighted by Crippen LogP contribution is -2.25. The van der Waals surface area contributed by atoms with E-state index in [2.05, 4.69) is 176 Å². The van der Waals surface area contributed by atoms with Gasteiger partial charge in [-0.3, -0.25) is 0 Å². The van der Waals surface area contributed by atoms with Crippen molar-refractivity contribution in [3.63, 3.8) is 0 Å². The summed E-state index contributed by atoms with van der Waals surface area (Å²) in [7, 11) is 0. The molecule has 7 rings (SSSR count). The molecule has 0 aliphatic heterocycles. The Morgan fingerprint density at radius 2 is 1.02 bits per heavy atom. The highest BCUT2D eigenvalue weighted by Gasteiger charge is 2.41. The largest absolute Gasteiger partial charge is 0.310 e. The van der Waals surface area contributed by atoms with Crippen molar-refractivity contribution in [2.24, 2.45) is 0 Å². The van der Waals surface area contributed by atoms with Crippen LogP contribution in [0.1, 0.15) is 83.2 Å². The predicted octanol–water partition coefficient (Wildman–Crippen LogP) is 13.3. The molecule has 6 aromatic rings. The molecule has 1 aliphatic rings. The van der Waals surface area contributed by atoms with Gasteiger partial charge >= 0.3 is 0 Å². The van der Waals surface area contributed by atoms with Gasteiger partial charge in [-0.05, 0) is 115 Å². The molecule has 0 atom stereocenters. The smallest absolute Gasteiger partial charge is 0.0991 e. The highest BCUT2D eigenvalue weighted by Crippen LogP contribution is 2.54. The van der Waals surface area contributed by atoms with Gasteiger partial charge in [-0.1, -0.05) is 140 Å². The minimum absolute atomic E-state index is 0.0106. The fraction of sp³-hybridized carbons (Fsp3) is 0.229. The zero-order chi connectivity index (χ0) is 35.4. The third kappa shape index (κ3) is 5.92. The van der Waals surface area contributed by atoms with Crippen molar-refractivity contribution < 1.29 is 0 Å². The van der Waals surface area contributed by atoms with Crippen LogP contribution in [0.4, 0.5) is 17.1 Å². The van der Waals surface area contributed by atoms with Crippen molar-refractivity contribution in [3.8, 4) is 39.4 Å². The molecule has 2 heteroatoms. The average molecular weight is 651 g/mol. The number of hydrogen-bond acceptors (Lipinski definition) is 2. The first-order chi connectivity index (χ1) is 23.8. The van der Waals surface area contributed by atoms with Gasteiger partial charge in [-0.15, -0.1) is 0 Å². The van der Waals surface area contributed by atoms with Crippen LogP contribution in [-0.2, 0) is 16.2 Å². The van der Waals surface area contributed by atoms with Crippen LogP contribution >= 0.6 is 0 Å². The van der Waals surface area contributed by atoms with Crippen LogP contribution in [0.5, 0.6) is 0 Å². The van der Waals surface area contributed by atoms with Gasteiger partial charge in [0.1, 0.15) is 0 Å². The molecule has 6 aromatic carbocycles. The van der Waals surface area contributed by atoms with Gasteiger partial charge in [0.25, 0.3) is 0 Å². The molecule has 0 spiro atoms. The summed E-state index contributed by atoms with van der Waals surface area (Å²) in [6.07, 6.45) is 0. The Morgan fingerprint density at radius 3 is 1.52 bits per heavy atom.